The Labute approximate surface area is 174 Å². The lowest BCUT2D eigenvalue weighted by Gasteiger charge is -2.36. The van der Waals surface area contributed by atoms with E-state index in [-0.39, 0.29) is 6.09 Å². The highest BCUT2D eigenvalue weighted by Crippen LogP contribution is 2.20. The highest BCUT2D eigenvalue weighted by atomic mass is 32.1. The summed E-state index contributed by atoms with van der Waals surface area (Å²) in [4.78, 5) is 21.0. The molecule has 1 aromatic heterocycles. The van der Waals surface area contributed by atoms with E-state index in [2.05, 4.69) is 32.0 Å². The minimum absolute atomic E-state index is 0.205. The van der Waals surface area contributed by atoms with Crippen molar-refractivity contribution in [2.75, 3.05) is 39.8 Å². The predicted octanol–water partition coefficient (Wildman–Crippen LogP) is 3.84. The Morgan fingerprint density at radius 2 is 2.11 bits per heavy atom. The molecule has 0 aliphatic carbocycles. The molecule has 1 aliphatic rings. The molecule has 0 radical (unpaired) electrons. The topological polar surface area (TPSA) is 57.2 Å². The van der Waals surface area contributed by atoms with Gasteiger partial charge in [0.25, 0.3) is 0 Å². The van der Waals surface area contributed by atoms with Crippen LogP contribution in [0.15, 0.2) is 21.8 Å². The van der Waals surface area contributed by atoms with Crippen molar-refractivity contribution in [3.63, 3.8) is 0 Å². The fourth-order valence-corrected chi connectivity index (χ4v) is 4.09. The highest BCUT2D eigenvalue weighted by Gasteiger charge is 2.27. The number of nitrogens with zero attached hydrogens (tertiary/aromatic N) is 3. The van der Waals surface area contributed by atoms with Gasteiger partial charge in [-0.05, 0) is 75.3 Å². The van der Waals surface area contributed by atoms with Gasteiger partial charge in [0.05, 0.1) is 0 Å². The average molecular weight is 409 g/mol. The normalized spacial score (nSPS) is 16.2. The molecule has 0 spiro atoms. The molecular formula is C21H36N4O2S. The van der Waals surface area contributed by atoms with Gasteiger partial charge in [-0.15, -0.1) is 0 Å². The zero-order chi connectivity index (χ0) is 20.6. The first-order valence-corrected chi connectivity index (χ1v) is 11.2. The molecule has 1 N–H and O–H groups in total. The van der Waals surface area contributed by atoms with Gasteiger partial charge >= 0.3 is 6.09 Å². The molecule has 0 bridgehead atoms. The summed E-state index contributed by atoms with van der Waals surface area (Å²) in [7, 11) is 1.85. The summed E-state index contributed by atoms with van der Waals surface area (Å²) < 4.78 is 5.53. The molecule has 2 rings (SSSR count). The Kier molecular flexibility index (Phi) is 8.60. The van der Waals surface area contributed by atoms with Gasteiger partial charge in [-0.1, -0.05) is 0 Å². The van der Waals surface area contributed by atoms with Crippen LogP contribution in [-0.2, 0) is 11.2 Å². The molecule has 7 heteroatoms. The highest BCUT2D eigenvalue weighted by molar-refractivity contribution is 7.07. The first-order valence-electron chi connectivity index (χ1n) is 10.3. The second-order valence-corrected chi connectivity index (χ2v) is 9.09. The number of ether oxygens (including phenoxy) is 1. The fraction of sp³-hybridized carbons (Fsp3) is 0.714. The zero-order valence-electron chi connectivity index (χ0n) is 18.0. The van der Waals surface area contributed by atoms with Gasteiger partial charge < -0.3 is 19.9 Å². The van der Waals surface area contributed by atoms with E-state index in [0.717, 1.165) is 51.4 Å². The molecule has 0 unspecified atom stereocenters. The lowest BCUT2D eigenvalue weighted by Crippen LogP contribution is -2.48. The van der Waals surface area contributed by atoms with E-state index >= 15 is 0 Å². The van der Waals surface area contributed by atoms with Crippen LogP contribution in [0.4, 0.5) is 4.79 Å². The summed E-state index contributed by atoms with van der Waals surface area (Å²) in [6.07, 6.45) is 2.93. The molecule has 0 aromatic carbocycles. The number of carbonyl (C=O) groups is 1. The molecule has 158 valence electrons. The van der Waals surface area contributed by atoms with Gasteiger partial charge in [-0.25, -0.2) is 4.79 Å². The monoisotopic (exact) mass is 408 g/mol. The summed E-state index contributed by atoms with van der Waals surface area (Å²) in [6.45, 7) is 12.0. The number of carbonyl (C=O) groups excluding carboxylic acids is 1. The molecule has 0 saturated carbocycles. The minimum atomic E-state index is -0.449. The van der Waals surface area contributed by atoms with Crippen molar-refractivity contribution in [3.05, 3.63) is 22.4 Å². The van der Waals surface area contributed by atoms with E-state index in [1.54, 1.807) is 11.3 Å². The van der Waals surface area contributed by atoms with Crippen molar-refractivity contribution in [2.24, 2.45) is 10.9 Å². The Bertz CT molecular complexity index is 617. The van der Waals surface area contributed by atoms with Crippen LogP contribution in [0.3, 0.4) is 0 Å². The van der Waals surface area contributed by atoms with Crippen molar-refractivity contribution in [1.29, 1.82) is 0 Å². The molecule has 1 saturated heterocycles. The third-order valence-corrected chi connectivity index (χ3v) is 5.65. The Hall–Kier alpha value is -1.76. The van der Waals surface area contributed by atoms with Crippen molar-refractivity contribution >= 4 is 23.4 Å². The maximum atomic E-state index is 12.4. The van der Waals surface area contributed by atoms with Gasteiger partial charge in [0.2, 0.25) is 0 Å². The van der Waals surface area contributed by atoms with Crippen LogP contribution in [0.5, 0.6) is 0 Å². The molecule has 28 heavy (non-hydrogen) atoms. The largest absolute Gasteiger partial charge is 0.444 e. The lowest BCUT2D eigenvalue weighted by molar-refractivity contribution is 0.0214. The van der Waals surface area contributed by atoms with Crippen LogP contribution in [0.25, 0.3) is 0 Å². The first kappa shape index (κ1) is 22.5. The van der Waals surface area contributed by atoms with Crippen molar-refractivity contribution < 1.29 is 9.53 Å². The zero-order valence-corrected chi connectivity index (χ0v) is 18.8. The van der Waals surface area contributed by atoms with Crippen LogP contribution >= 0.6 is 11.3 Å². The van der Waals surface area contributed by atoms with Crippen molar-refractivity contribution in [3.8, 4) is 0 Å². The number of rotatable bonds is 6. The maximum absolute atomic E-state index is 12.4. The van der Waals surface area contributed by atoms with Gasteiger partial charge in [0.1, 0.15) is 5.60 Å². The number of hydrogen-bond acceptors (Lipinski definition) is 4. The number of likely N-dealkylation sites (tertiary alicyclic amines) is 1. The molecular weight excluding hydrogens is 372 g/mol. The summed E-state index contributed by atoms with van der Waals surface area (Å²) in [5.41, 5.74) is 0.920. The van der Waals surface area contributed by atoms with E-state index < -0.39 is 5.60 Å². The van der Waals surface area contributed by atoms with Crippen LogP contribution < -0.4 is 5.32 Å². The summed E-state index contributed by atoms with van der Waals surface area (Å²) in [6, 6.07) is 2.17. The molecule has 0 atom stereocenters. The van der Waals surface area contributed by atoms with E-state index in [1.807, 2.05) is 39.6 Å². The Morgan fingerprint density at radius 3 is 2.64 bits per heavy atom. The van der Waals surface area contributed by atoms with Crippen LogP contribution in [0.2, 0.25) is 0 Å². The number of thiophene rings is 1. The smallest absolute Gasteiger partial charge is 0.410 e. The van der Waals surface area contributed by atoms with E-state index in [9.17, 15) is 4.79 Å². The minimum Gasteiger partial charge on any atom is -0.444 e. The molecule has 1 amide bonds. The van der Waals surface area contributed by atoms with Gasteiger partial charge in [-0.2, -0.15) is 11.3 Å². The number of guanidine groups is 1. The van der Waals surface area contributed by atoms with Crippen LogP contribution in [0.1, 0.15) is 46.1 Å². The third-order valence-electron chi connectivity index (χ3n) is 4.91. The van der Waals surface area contributed by atoms with E-state index in [4.69, 9.17) is 4.74 Å². The Balaban J connectivity index is 1.76. The van der Waals surface area contributed by atoms with Crippen molar-refractivity contribution in [2.45, 2.75) is 52.6 Å². The maximum Gasteiger partial charge on any atom is 0.410 e. The molecule has 6 nitrogen and oxygen atoms in total. The number of piperidine rings is 1. The van der Waals surface area contributed by atoms with E-state index in [1.165, 1.54) is 5.56 Å². The average Bonchev–Trinajstić information content (AvgIpc) is 3.16. The summed E-state index contributed by atoms with van der Waals surface area (Å²) >= 11 is 1.74. The summed E-state index contributed by atoms with van der Waals surface area (Å²) in [5.74, 6) is 1.49. The van der Waals surface area contributed by atoms with Gasteiger partial charge in [-0.3, -0.25) is 4.99 Å². The quantitative estimate of drug-likeness (QED) is 0.574. The number of hydrogen-bond donors (Lipinski definition) is 1. The third kappa shape index (κ3) is 7.34. The van der Waals surface area contributed by atoms with Crippen LogP contribution in [0, 0.1) is 5.92 Å². The second-order valence-electron chi connectivity index (χ2n) is 8.30. The Morgan fingerprint density at radius 1 is 1.39 bits per heavy atom. The van der Waals surface area contributed by atoms with Crippen LogP contribution in [-0.4, -0.2) is 67.2 Å². The predicted molar refractivity (Wildman–Crippen MR) is 117 cm³/mol. The SMILES string of the molecule is CCN(CC1CCN(C(=NC)NCCc2ccsc2)CC1)C(=O)OC(C)(C)C. The standard InChI is InChI=1S/C21H36N4O2S/c1-6-24(20(26)27-21(2,3)4)15-17-8-12-25(13-9-17)19(22-5)23-11-7-18-10-14-28-16-18/h10,14,16-17H,6-9,11-13,15H2,1-5H3,(H,22,23). The first-order chi connectivity index (χ1) is 13.3. The van der Waals surface area contributed by atoms with Gasteiger partial charge in [0.15, 0.2) is 5.96 Å². The van der Waals surface area contributed by atoms with Crippen molar-refractivity contribution in [1.82, 2.24) is 15.1 Å². The van der Waals surface area contributed by atoms with Gasteiger partial charge in [0, 0.05) is 39.8 Å². The summed E-state index contributed by atoms with van der Waals surface area (Å²) in [5, 5.41) is 7.80. The lowest BCUT2D eigenvalue weighted by atomic mass is 9.96. The second kappa shape index (κ2) is 10.7. The molecule has 1 aliphatic heterocycles. The molecule has 1 aromatic rings. The molecule has 2 heterocycles. The number of nitrogens with one attached hydrogen (secondary N) is 1. The molecule has 1 fully saturated rings. The fourth-order valence-electron chi connectivity index (χ4n) is 3.38. The number of amides is 1. The van der Waals surface area contributed by atoms with E-state index in [0.29, 0.717) is 12.5 Å². The number of aliphatic imine (C=N–C) groups is 1.